The zero-order chi connectivity index (χ0) is 11.0. The molecule has 0 spiro atoms. The van der Waals surface area contributed by atoms with Gasteiger partial charge in [-0.15, -0.1) is 0 Å². The second-order valence-electron chi connectivity index (χ2n) is 4.00. The molecule has 0 saturated heterocycles. The smallest absolute Gasteiger partial charge is 0.0597 e. The summed E-state index contributed by atoms with van der Waals surface area (Å²) in [6, 6.07) is 0.201. The third-order valence-corrected chi connectivity index (χ3v) is 2.17. The van der Waals surface area contributed by atoms with E-state index >= 15 is 0 Å². The number of rotatable bonds is 8. The van der Waals surface area contributed by atoms with Crippen LogP contribution in [0.1, 0.15) is 6.92 Å². The molecule has 1 unspecified atom stereocenters. The van der Waals surface area contributed by atoms with Gasteiger partial charge in [-0.2, -0.15) is 0 Å². The van der Waals surface area contributed by atoms with Crippen LogP contribution < -0.4 is 5.32 Å². The Bertz CT molecular complexity index is 131. The first-order chi connectivity index (χ1) is 6.60. The molecule has 0 aliphatic rings. The van der Waals surface area contributed by atoms with Gasteiger partial charge in [0.15, 0.2) is 0 Å². The monoisotopic (exact) mass is 203 g/mol. The molecule has 14 heavy (non-hydrogen) atoms. The second kappa shape index (κ2) is 8.17. The van der Waals surface area contributed by atoms with Crippen LogP contribution in [-0.2, 0) is 0 Å². The number of aliphatic hydroxyl groups is 1. The maximum Gasteiger partial charge on any atom is 0.0597 e. The van der Waals surface area contributed by atoms with Crippen molar-refractivity contribution in [3.05, 3.63) is 0 Å². The van der Waals surface area contributed by atoms with E-state index in [0.29, 0.717) is 0 Å². The third kappa shape index (κ3) is 7.26. The lowest BCUT2D eigenvalue weighted by molar-refractivity contribution is 0.192. The lowest BCUT2D eigenvalue weighted by atomic mass is 10.3. The molecular weight excluding hydrogens is 178 g/mol. The van der Waals surface area contributed by atoms with Gasteiger partial charge < -0.3 is 20.2 Å². The Morgan fingerprint density at radius 1 is 1.21 bits per heavy atom. The highest BCUT2D eigenvalue weighted by molar-refractivity contribution is 4.69. The minimum atomic E-state index is 0.201. The molecule has 4 nitrogen and oxygen atoms in total. The summed E-state index contributed by atoms with van der Waals surface area (Å²) in [5.41, 5.74) is 0. The third-order valence-electron chi connectivity index (χ3n) is 2.17. The average molecular weight is 203 g/mol. The number of aliphatic hydroxyl groups excluding tert-OH is 1. The molecule has 1 atom stereocenters. The van der Waals surface area contributed by atoms with E-state index in [1.807, 2.05) is 0 Å². The van der Waals surface area contributed by atoms with E-state index in [4.69, 9.17) is 5.11 Å². The number of likely N-dealkylation sites (N-methyl/N-ethyl adjacent to an activating group) is 3. The topological polar surface area (TPSA) is 38.7 Å². The van der Waals surface area contributed by atoms with E-state index in [1.165, 1.54) is 0 Å². The summed E-state index contributed by atoms with van der Waals surface area (Å²) in [7, 11) is 6.23. The summed E-state index contributed by atoms with van der Waals surface area (Å²) in [6.45, 7) is 6.17. The highest BCUT2D eigenvalue weighted by Gasteiger charge is 2.08. The van der Waals surface area contributed by atoms with Gasteiger partial charge in [-0.25, -0.2) is 0 Å². The zero-order valence-electron chi connectivity index (χ0n) is 9.95. The van der Waals surface area contributed by atoms with Crippen molar-refractivity contribution in [3.63, 3.8) is 0 Å². The first-order valence-electron chi connectivity index (χ1n) is 5.27. The van der Waals surface area contributed by atoms with E-state index in [-0.39, 0.29) is 12.6 Å². The van der Waals surface area contributed by atoms with Crippen molar-refractivity contribution in [2.75, 3.05) is 53.9 Å². The molecule has 0 aromatic rings. The molecule has 0 radical (unpaired) electrons. The normalized spacial score (nSPS) is 13.9. The van der Waals surface area contributed by atoms with E-state index in [2.05, 4.69) is 43.2 Å². The maximum absolute atomic E-state index is 9.08. The highest BCUT2D eigenvalue weighted by Crippen LogP contribution is 1.89. The summed E-state index contributed by atoms with van der Waals surface area (Å²) in [5.74, 6) is 0. The van der Waals surface area contributed by atoms with Gasteiger partial charge >= 0.3 is 0 Å². The van der Waals surface area contributed by atoms with E-state index in [0.717, 1.165) is 26.2 Å². The average Bonchev–Trinajstić information content (AvgIpc) is 2.14. The first-order valence-corrected chi connectivity index (χ1v) is 5.27. The Balaban J connectivity index is 3.61. The van der Waals surface area contributed by atoms with E-state index < -0.39 is 0 Å². The molecule has 0 amide bonds. The predicted molar refractivity (Wildman–Crippen MR) is 60.6 cm³/mol. The summed E-state index contributed by atoms with van der Waals surface area (Å²) >= 11 is 0. The summed E-state index contributed by atoms with van der Waals surface area (Å²) < 4.78 is 0. The number of hydrogen-bond donors (Lipinski definition) is 2. The number of hydrogen-bond acceptors (Lipinski definition) is 4. The summed E-state index contributed by atoms with van der Waals surface area (Å²) in [5, 5.41) is 12.3. The molecule has 0 fully saturated rings. The quantitative estimate of drug-likeness (QED) is 0.555. The fourth-order valence-electron chi connectivity index (χ4n) is 1.31. The van der Waals surface area contributed by atoms with Gasteiger partial charge in [0.05, 0.1) is 6.61 Å². The number of nitrogens with zero attached hydrogens (tertiary/aromatic N) is 2. The van der Waals surface area contributed by atoms with Gasteiger partial charge in [0.2, 0.25) is 0 Å². The molecule has 0 heterocycles. The van der Waals surface area contributed by atoms with Crippen LogP contribution in [0, 0.1) is 0 Å². The van der Waals surface area contributed by atoms with Crippen molar-refractivity contribution in [3.8, 4) is 0 Å². The lowest BCUT2D eigenvalue weighted by Crippen LogP contribution is -2.43. The van der Waals surface area contributed by atoms with Crippen LogP contribution in [0.3, 0.4) is 0 Å². The number of nitrogens with one attached hydrogen (secondary N) is 1. The van der Waals surface area contributed by atoms with Gasteiger partial charge in [-0.1, -0.05) is 6.92 Å². The molecule has 0 aromatic heterocycles. The van der Waals surface area contributed by atoms with Crippen molar-refractivity contribution >= 4 is 0 Å². The van der Waals surface area contributed by atoms with Crippen LogP contribution in [0.15, 0.2) is 0 Å². The fourth-order valence-corrected chi connectivity index (χ4v) is 1.31. The Hall–Kier alpha value is -0.160. The molecule has 86 valence electrons. The lowest BCUT2D eigenvalue weighted by Gasteiger charge is -2.24. The van der Waals surface area contributed by atoms with Crippen LogP contribution in [0.25, 0.3) is 0 Å². The Morgan fingerprint density at radius 2 is 1.86 bits per heavy atom. The summed E-state index contributed by atoms with van der Waals surface area (Å²) in [4.78, 5) is 4.40. The van der Waals surface area contributed by atoms with Crippen molar-refractivity contribution < 1.29 is 5.11 Å². The standard InChI is InChI=1S/C10H25N3O/c1-5-11-10(9-14)8-13(4)7-6-12(2)3/h10-11,14H,5-9H2,1-4H3. The van der Waals surface area contributed by atoms with Gasteiger partial charge in [0, 0.05) is 25.7 Å². The van der Waals surface area contributed by atoms with E-state index in [1.54, 1.807) is 0 Å². The SMILES string of the molecule is CCNC(CO)CN(C)CCN(C)C. The molecule has 0 aromatic carbocycles. The molecule has 4 heteroatoms. The molecule has 0 saturated carbocycles. The van der Waals surface area contributed by atoms with Crippen LogP contribution in [0.4, 0.5) is 0 Å². The molecule has 0 aliphatic carbocycles. The Labute approximate surface area is 87.9 Å². The van der Waals surface area contributed by atoms with E-state index in [9.17, 15) is 0 Å². The second-order valence-corrected chi connectivity index (χ2v) is 4.00. The summed E-state index contributed by atoms with van der Waals surface area (Å²) in [6.07, 6.45) is 0. The van der Waals surface area contributed by atoms with Gasteiger partial charge in [-0.3, -0.25) is 0 Å². The molecule has 2 N–H and O–H groups in total. The van der Waals surface area contributed by atoms with Gasteiger partial charge in [0.25, 0.3) is 0 Å². The largest absolute Gasteiger partial charge is 0.395 e. The predicted octanol–water partition coefficient (Wildman–Crippen LogP) is -0.550. The van der Waals surface area contributed by atoms with Crippen molar-refractivity contribution in [1.29, 1.82) is 0 Å². The minimum Gasteiger partial charge on any atom is -0.395 e. The van der Waals surface area contributed by atoms with Crippen LogP contribution in [0.2, 0.25) is 0 Å². The molecular formula is C10H25N3O. The van der Waals surface area contributed by atoms with Crippen molar-refractivity contribution in [1.82, 2.24) is 15.1 Å². The minimum absolute atomic E-state index is 0.201. The van der Waals surface area contributed by atoms with Crippen LogP contribution in [0.5, 0.6) is 0 Å². The van der Waals surface area contributed by atoms with Crippen LogP contribution in [-0.4, -0.2) is 74.9 Å². The van der Waals surface area contributed by atoms with Gasteiger partial charge in [0.1, 0.15) is 0 Å². The van der Waals surface area contributed by atoms with Crippen LogP contribution >= 0.6 is 0 Å². The Kier molecular flexibility index (Phi) is 8.08. The van der Waals surface area contributed by atoms with Crippen molar-refractivity contribution in [2.45, 2.75) is 13.0 Å². The first kappa shape index (κ1) is 13.8. The zero-order valence-corrected chi connectivity index (χ0v) is 9.95. The molecule has 0 bridgehead atoms. The van der Waals surface area contributed by atoms with Gasteiger partial charge in [-0.05, 0) is 27.7 Å². The molecule has 0 rings (SSSR count). The fraction of sp³-hybridized carbons (Fsp3) is 1.00. The molecule has 0 aliphatic heterocycles. The maximum atomic E-state index is 9.08. The highest BCUT2D eigenvalue weighted by atomic mass is 16.3. The van der Waals surface area contributed by atoms with Crippen molar-refractivity contribution in [2.24, 2.45) is 0 Å². The Morgan fingerprint density at radius 3 is 2.29 bits per heavy atom.